The first-order chi connectivity index (χ1) is 10.2. The minimum atomic E-state index is 0. The van der Waals surface area contributed by atoms with Crippen LogP contribution < -0.4 is 33.6 Å². The molecule has 1 fully saturated rings. The molecule has 1 aromatic carbocycles. The minimum absolute atomic E-state index is 0. The summed E-state index contributed by atoms with van der Waals surface area (Å²) in [5.74, 6) is 2.19. The average molecular weight is 411 g/mol. The van der Waals surface area contributed by atoms with Crippen LogP contribution in [0.4, 0.5) is 5.82 Å². The van der Waals surface area contributed by atoms with E-state index in [0.29, 0.717) is 0 Å². The van der Waals surface area contributed by atoms with Crippen molar-refractivity contribution >= 4 is 5.82 Å². The van der Waals surface area contributed by atoms with Crippen molar-refractivity contribution in [1.82, 2.24) is 4.68 Å². The molecule has 3 rings (SSSR count). The van der Waals surface area contributed by atoms with Gasteiger partial charge in [0, 0.05) is 18.7 Å². The molecule has 0 spiro atoms. The molecule has 1 aliphatic rings. The number of hydrogen-bond acceptors (Lipinski definition) is 1. The van der Waals surface area contributed by atoms with E-state index in [-0.39, 0.29) is 24.0 Å². The lowest BCUT2D eigenvalue weighted by Crippen LogP contribution is -3.00. The van der Waals surface area contributed by atoms with Gasteiger partial charge < -0.3 is 28.9 Å². The van der Waals surface area contributed by atoms with Gasteiger partial charge in [-0.3, -0.25) is 0 Å². The highest BCUT2D eigenvalue weighted by atomic mass is 127. The van der Waals surface area contributed by atoms with Gasteiger partial charge in [-0.25, -0.2) is 0 Å². The fourth-order valence-corrected chi connectivity index (χ4v) is 3.41. The van der Waals surface area contributed by atoms with Gasteiger partial charge in [-0.1, -0.05) is 31.5 Å². The summed E-state index contributed by atoms with van der Waals surface area (Å²) in [4.78, 5) is 2.56. The minimum Gasteiger partial charge on any atom is -1.00 e. The summed E-state index contributed by atoms with van der Waals surface area (Å²) in [5.41, 5.74) is 2.57. The second kappa shape index (κ2) is 7.49. The van der Waals surface area contributed by atoms with Crippen LogP contribution in [0.15, 0.2) is 36.4 Å². The van der Waals surface area contributed by atoms with Crippen LogP contribution >= 0.6 is 0 Å². The van der Waals surface area contributed by atoms with Crippen LogP contribution in [-0.4, -0.2) is 17.8 Å². The number of rotatable bonds is 3. The third kappa shape index (κ3) is 3.31. The summed E-state index contributed by atoms with van der Waals surface area (Å²) in [5, 5.41) is 0. The lowest BCUT2D eigenvalue weighted by Gasteiger charge is -2.32. The molecule has 0 bridgehead atoms. The molecule has 1 aliphatic heterocycles. The fraction of sp³-hybridized carbons (Fsp3) is 0.500. The topological polar surface area (TPSA) is 12.1 Å². The van der Waals surface area contributed by atoms with Crippen LogP contribution in [-0.2, 0) is 14.1 Å². The smallest absolute Gasteiger partial charge is 0.240 e. The van der Waals surface area contributed by atoms with Crippen molar-refractivity contribution in [1.29, 1.82) is 0 Å². The van der Waals surface area contributed by atoms with Gasteiger partial charge in [0.05, 0.1) is 13.1 Å². The third-order valence-electron chi connectivity index (χ3n) is 4.89. The molecule has 0 aliphatic carbocycles. The molecular formula is C18H26IN3. The first-order valence-corrected chi connectivity index (χ1v) is 8.07. The fourth-order valence-electron chi connectivity index (χ4n) is 3.41. The van der Waals surface area contributed by atoms with Crippen LogP contribution in [0.5, 0.6) is 0 Å². The van der Waals surface area contributed by atoms with Crippen molar-refractivity contribution in [3.05, 3.63) is 36.4 Å². The van der Waals surface area contributed by atoms with E-state index in [0.717, 1.165) is 5.92 Å². The van der Waals surface area contributed by atoms with E-state index in [4.69, 9.17) is 0 Å². The maximum Gasteiger partial charge on any atom is 0.240 e. The van der Waals surface area contributed by atoms with Crippen molar-refractivity contribution in [3.8, 4) is 11.3 Å². The first kappa shape index (κ1) is 17.3. The van der Waals surface area contributed by atoms with Gasteiger partial charge in [-0.05, 0) is 30.9 Å². The highest BCUT2D eigenvalue weighted by Gasteiger charge is 2.26. The Morgan fingerprint density at radius 1 is 1.23 bits per heavy atom. The zero-order chi connectivity index (χ0) is 14.8. The number of hydrogen-bond donors (Lipinski definition) is 0. The van der Waals surface area contributed by atoms with Crippen LogP contribution in [0, 0.1) is 5.92 Å². The van der Waals surface area contributed by atoms with Gasteiger partial charge in [0.1, 0.15) is 0 Å². The normalized spacial score (nSPS) is 18.1. The monoisotopic (exact) mass is 411 g/mol. The molecule has 0 amide bonds. The van der Waals surface area contributed by atoms with Crippen LogP contribution in [0.25, 0.3) is 11.3 Å². The van der Waals surface area contributed by atoms with Gasteiger partial charge >= 0.3 is 0 Å². The highest BCUT2D eigenvalue weighted by Crippen LogP contribution is 2.27. The summed E-state index contributed by atoms with van der Waals surface area (Å²) < 4.78 is 4.53. The Bertz CT molecular complexity index is 606. The van der Waals surface area contributed by atoms with E-state index in [1.807, 2.05) is 0 Å². The maximum atomic E-state index is 2.56. The number of anilines is 1. The Hall–Kier alpha value is -1.04. The van der Waals surface area contributed by atoms with Gasteiger partial charge in [0.2, 0.25) is 5.69 Å². The Morgan fingerprint density at radius 3 is 2.64 bits per heavy atom. The molecule has 0 radical (unpaired) electrons. The Kier molecular flexibility index (Phi) is 5.89. The van der Waals surface area contributed by atoms with E-state index in [9.17, 15) is 0 Å². The van der Waals surface area contributed by atoms with Gasteiger partial charge in [0.25, 0.3) is 0 Å². The number of piperidine rings is 1. The zero-order valence-corrected chi connectivity index (χ0v) is 16.0. The Labute approximate surface area is 150 Å². The van der Waals surface area contributed by atoms with Crippen molar-refractivity contribution in [2.24, 2.45) is 20.0 Å². The molecule has 2 heterocycles. The van der Waals surface area contributed by atoms with Crippen LogP contribution in [0.1, 0.15) is 26.2 Å². The molecular weight excluding hydrogens is 385 g/mol. The van der Waals surface area contributed by atoms with E-state index < -0.39 is 0 Å². The molecule has 0 N–H and O–H groups in total. The van der Waals surface area contributed by atoms with Crippen LogP contribution in [0.2, 0.25) is 0 Å². The summed E-state index contributed by atoms with van der Waals surface area (Å²) in [7, 11) is 4.31. The number of aromatic nitrogens is 2. The molecule has 120 valence electrons. The molecule has 1 aromatic heterocycles. The van der Waals surface area contributed by atoms with Gasteiger partial charge in [0.15, 0.2) is 12.9 Å². The summed E-state index contributed by atoms with van der Waals surface area (Å²) in [6.45, 7) is 4.69. The molecule has 22 heavy (non-hydrogen) atoms. The molecule has 0 saturated carbocycles. The SMILES string of the molecule is CCC1CCCN(c2cc(-c3ccccc3)[n+](C)n2C)C1.[I-]. The van der Waals surface area contributed by atoms with E-state index in [2.05, 4.69) is 71.7 Å². The van der Waals surface area contributed by atoms with Crippen molar-refractivity contribution < 1.29 is 28.7 Å². The first-order valence-electron chi connectivity index (χ1n) is 8.07. The number of benzene rings is 1. The van der Waals surface area contributed by atoms with E-state index in [1.54, 1.807) is 0 Å². The molecule has 3 nitrogen and oxygen atoms in total. The maximum absolute atomic E-state index is 2.56. The number of nitrogens with zero attached hydrogens (tertiary/aromatic N) is 3. The van der Waals surface area contributed by atoms with Crippen LogP contribution in [0.3, 0.4) is 0 Å². The van der Waals surface area contributed by atoms with Crippen molar-refractivity contribution in [3.63, 3.8) is 0 Å². The summed E-state index contributed by atoms with van der Waals surface area (Å²) in [6, 6.07) is 13.0. The standard InChI is InChI=1S/C18H26N3.HI/c1-4-15-9-8-12-21(14-15)18-13-17(19(2)20(18)3)16-10-6-5-7-11-16;/h5-7,10-11,13,15H,4,8-9,12,14H2,1-3H3;1H/q+1;/p-1. The second-order valence-electron chi connectivity index (χ2n) is 6.16. The second-order valence-corrected chi connectivity index (χ2v) is 6.16. The summed E-state index contributed by atoms with van der Waals surface area (Å²) >= 11 is 0. The predicted octanol–water partition coefficient (Wildman–Crippen LogP) is 0.147. The quantitative estimate of drug-likeness (QED) is 0.518. The lowest BCUT2D eigenvalue weighted by atomic mass is 9.96. The highest BCUT2D eigenvalue weighted by molar-refractivity contribution is 5.60. The zero-order valence-electron chi connectivity index (χ0n) is 13.8. The Morgan fingerprint density at radius 2 is 1.95 bits per heavy atom. The molecule has 1 saturated heterocycles. The lowest BCUT2D eigenvalue weighted by molar-refractivity contribution is -0.740. The third-order valence-corrected chi connectivity index (χ3v) is 4.89. The van der Waals surface area contributed by atoms with E-state index in [1.165, 1.54) is 49.4 Å². The van der Waals surface area contributed by atoms with Gasteiger partial charge in [-0.2, -0.15) is 0 Å². The van der Waals surface area contributed by atoms with E-state index >= 15 is 0 Å². The molecule has 1 unspecified atom stereocenters. The van der Waals surface area contributed by atoms with Crippen molar-refractivity contribution in [2.45, 2.75) is 26.2 Å². The Balaban J connectivity index is 0.00000176. The number of halogens is 1. The summed E-state index contributed by atoms with van der Waals surface area (Å²) in [6.07, 6.45) is 3.99. The van der Waals surface area contributed by atoms with Gasteiger partial charge in [-0.15, -0.1) is 9.36 Å². The molecule has 4 heteroatoms. The molecule has 2 aromatic rings. The molecule has 1 atom stereocenters. The van der Waals surface area contributed by atoms with Crippen molar-refractivity contribution in [2.75, 3.05) is 18.0 Å². The average Bonchev–Trinajstić information content (AvgIpc) is 2.84. The largest absolute Gasteiger partial charge is 1.00 e. The predicted molar refractivity (Wildman–Crippen MR) is 87.3 cm³/mol.